The second-order valence-electron chi connectivity index (χ2n) is 5.32. The van der Waals surface area contributed by atoms with E-state index < -0.39 is 0 Å². The van der Waals surface area contributed by atoms with Crippen LogP contribution in [0.5, 0.6) is 0 Å². The molecule has 21 heavy (non-hydrogen) atoms. The molecule has 3 rings (SSSR count). The summed E-state index contributed by atoms with van der Waals surface area (Å²) >= 11 is 3.26. The Morgan fingerprint density at radius 1 is 1.29 bits per heavy atom. The number of thiazole rings is 1. The van der Waals surface area contributed by atoms with E-state index in [9.17, 15) is 4.79 Å². The molecule has 0 saturated heterocycles. The van der Waals surface area contributed by atoms with Gasteiger partial charge in [0, 0.05) is 23.2 Å². The number of rotatable bonds is 5. The Bertz CT molecular complexity index is 633. The lowest BCUT2D eigenvalue weighted by Gasteiger charge is -2.13. The number of carbonyl (C=O) groups excluding carboxylic acids is 1. The minimum Gasteiger partial charge on any atom is -0.375 e. The number of fused-ring (bicyclic) bond motifs is 1. The van der Waals surface area contributed by atoms with Crippen molar-refractivity contribution in [1.82, 2.24) is 10.3 Å². The van der Waals surface area contributed by atoms with Crippen molar-refractivity contribution in [3.8, 4) is 0 Å². The molecule has 1 amide bonds. The fourth-order valence-electron chi connectivity index (χ4n) is 2.67. The van der Waals surface area contributed by atoms with Crippen molar-refractivity contribution in [2.45, 2.75) is 45.1 Å². The van der Waals surface area contributed by atoms with Crippen molar-refractivity contribution in [1.29, 1.82) is 0 Å². The number of hydrogen-bond acceptors (Lipinski definition) is 5. The van der Waals surface area contributed by atoms with Gasteiger partial charge < -0.3 is 11.1 Å². The summed E-state index contributed by atoms with van der Waals surface area (Å²) in [6.45, 7) is 0.657. The van der Waals surface area contributed by atoms with Crippen molar-refractivity contribution in [3.63, 3.8) is 0 Å². The van der Waals surface area contributed by atoms with E-state index in [-0.39, 0.29) is 5.91 Å². The van der Waals surface area contributed by atoms with Crippen LogP contribution in [0, 0.1) is 0 Å². The SMILES string of the molecule is Nc1nc(CCC(=O)NCc2csc3c2CCCC3)cs1. The third-order valence-corrected chi connectivity index (χ3v) is 5.66. The van der Waals surface area contributed by atoms with Crippen LogP contribution in [0.1, 0.15) is 41.0 Å². The summed E-state index contributed by atoms with van der Waals surface area (Å²) < 4.78 is 0. The Morgan fingerprint density at radius 3 is 2.95 bits per heavy atom. The van der Waals surface area contributed by atoms with E-state index in [2.05, 4.69) is 15.7 Å². The number of amides is 1. The molecule has 112 valence electrons. The van der Waals surface area contributed by atoms with E-state index in [1.165, 1.54) is 53.0 Å². The second-order valence-corrected chi connectivity index (χ2v) is 7.18. The van der Waals surface area contributed by atoms with Crippen LogP contribution in [0.3, 0.4) is 0 Å². The average molecular weight is 321 g/mol. The van der Waals surface area contributed by atoms with Gasteiger partial charge in [0.1, 0.15) is 0 Å². The van der Waals surface area contributed by atoms with Crippen molar-refractivity contribution < 1.29 is 4.79 Å². The first-order valence-corrected chi connectivity index (χ1v) is 9.03. The second kappa shape index (κ2) is 6.58. The Kier molecular flexibility index (Phi) is 4.55. The van der Waals surface area contributed by atoms with Crippen molar-refractivity contribution >= 4 is 33.7 Å². The molecule has 0 radical (unpaired) electrons. The molecule has 1 aliphatic rings. The Balaban J connectivity index is 1.48. The van der Waals surface area contributed by atoms with Crippen LogP contribution >= 0.6 is 22.7 Å². The Morgan fingerprint density at radius 2 is 2.14 bits per heavy atom. The van der Waals surface area contributed by atoms with Crippen molar-refractivity contribution in [2.24, 2.45) is 0 Å². The van der Waals surface area contributed by atoms with E-state index in [4.69, 9.17) is 5.73 Å². The van der Waals surface area contributed by atoms with Gasteiger partial charge in [-0.1, -0.05) is 0 Å². The van der Waals surface area contributed by atoms with Gasteiger partial charge in [-0.05, 0) is 48.6 Å². The summed E-state index contributed by atoms with van der Waals surface area (Å²) in [5.41, 5.74) is 9.28. The lowest BCUT2D eigenvalue weighted by molar-refractivity contribution is -0.121. The molecule has 0 bridgehead atoms. The third-order valence-electron chi connectivity index (χ3n) is 3.80. The van der Waals surface area contributed by atoms with Crippen molar-refractivity contribution in [2.75, 3.05) is 5.73 Å². The van der Waals surface area contributed by atoms with E-state index in [1.54, 1.807) is 0 Å². The molecular weight excluding hydrogens is 302 g/mol. The van der Waals surface area contributed by atoms with E-state index in [0.717, 1.165) is 5.69 Å². The monoisotopic (exact) mass is 321 g/mol. The van der Waals surface area contributed by atoms with Crippen LogP contribution in [-0.2, 0) is 30.6 Å². The first-order chi connectivity index (χ1) is 10.2. The maximum absolute atomic E-state index is 11.9. The summed E-state index contributed by atoms with van der Waals surface area (Å²) in [5.74, 6) is 0.0809. The third kappa shape index (κ3) is 3.63. The number of carbonyl (C=O) groups is 1. The topological polar surface area (TPSA) is 68.0 Å². The number of nitrogens with one attached hydrogen (secondary N) is 1. The molecule has 2 aromatic heterocycles. The summed E-state index contributed by atoms with van der Waals surface area (Å²) in [7, 11) is 0. The van der Waals surface area contributed by atoms with Crippen LogP contribution < -0.4 is 11.1 Å². The van der Waals surface area contributed by atoms with Crippen molar-refractivity contribution in [3.05, 3.63) is 32.5 Å². The van der Waals surface area contributed by atoms with Gasteiger partial charge in [0.15, 0.2) is 5.13 Å². The van der Waals surface area contributed by atoms with Crippen LogP contribution in [0.15, 0.2) is 10.8 Å². The number of nitrogen functional groups attached to an aromatic ring is 1. The maximum Gasteiger partial charge on any atom is 0.220 e. The smallest absolute Gasteiger partial charge is 0.220 e. The Labute approximate surface area is 132 Å². The number of thiophene rings is 1. The Hall–Kier alpha value is -1.40. The molecule has 1 aliphatic carbocycles. The standard InChI is InChI=1S/C15H19N3OS2/c16-15-18-11(9-21-15)5-6-14(19)17-7-10-8-20-13-4-2-1-3-12(10)13/h8-9H,1-7H2,(H2,16,18)(H,17,19). The molecule has 4 nitrogen and oxygen atoms in total. The zero-order valence-electron chi connectivity index (χ0n) is 11.9. The zero-order valence-corrected chi connectivity index (χ0v) is 13.5. The first-order valence-electron chi connectivity index (χ1n) is 7.27. The molecule has 0 aliphatic heterocycles. The molecule has 6 heteroatoms. The number of anilines is 1. The molecule has 2 heterocycles. The van der Waals surface area contributed by atoms with Gasteiger partial charge in [0.25, 0.3) is 0 Å². The fourth-order valence-corrected chi connectivity index (χ4v) is 4.42. The van der Waals surface area contributed by atoms with E-state index in [0.29, 0.717) is 24.5 Å². The van der Waals surface area contributed by atoms with Gasteiger partial charge in [-0.3, -0.25) is 4.79 Å². The predicted octanol–water partition coefficient (Wildman–Crippen LogP) is 2.91. The molecule has 0 aromatic carbocycles. The first kappa shape index (κ1) is 14.5. The highest BCUT2D eigenvalue weighted by Gasteiger charge is 2.15. The molecule has 0 saturated carbocycles. The summed E-state index contributed by atoms with van der Waals surface area (Å²) in [6.07, 6.45) is 6.07. The molecule has 2 aromatic rings. The van der Waals surface area contributed by atoms with Gasteiger partial charge in [-0.25, -0.2) is 4.98 Å². The van der Waals surface area contributed by atoms with E-state index in [1.807, 2.05) is 16.7 Å². The molecule has 0 fully saturated rings. The highest BCUT2D eigenvalue weighted by molar-refractivity contribution is 7.13. The maximum atomic E-state index is 11.9. The quantitative estimate of drug-likeness (QED) is 0.890. The van der Waals surface area contributed by atoms with Crippen LogP contribution in [-0.4, -0.2) is 10.9 Å². The minimum absolute atomic E-state index is 0.0809. The van der Waals surface area contributed by atoms with Gasteiger partial charge in [-0.15, -0.1) is 22.7 Å². The van der Waals surface area contributed by atoms with E-state index >= 15 is 0 Å². The lowest BCUT2D eigenvalue weighted by atomic mass is 9.96. The van der Waals surface area contributed by atoms with Gasteiger partial charge in [-0.2, -0.15) is 0 Å². The molecule has 0 atom stereocenters. The lowest BCUT2D eigenvalue weighted by Crippen LogP contribution is -2.23. The predicted molar refractivity (Wildman–Crippen MR) is 87.7 cm³/mol. The minimum atomic E-state index is 0.0809. The molecular formula is C15H19N3OS2. The number of aromatic nitrogens is 1. The number of nitrogens with two attached hydrogens (primary N) is 1. The van der Waals surface area contributed by atoms with Gasteiger partial charge in [0.05, 0.1) is 5.69 Å². The average Bonchev–Trinajstić information content (AvgIpc) is 3.09. The van der Waals surface area contributed by atoms with Crippen LogP contribution in [0.4, 0.5) is 5.13 Å². The number of aryl methyl sites for hydroxylation is 2. The van der Waals surface area contributed by atoms with Gasteiger partial charge >= 0.3 is 0 Å². The fraction of sp³-hybridized carbons (Fsp3) is 0.467. The number of hydrogen-bond donors (Lipinski definition) is 2. The zero-order chi connectivity index (χ0) is 14.7. The van der Waals surface area contributed by atoms with Crippen LogP contribution in [0.25, 0.3) is 0 Å². The highest BCUT2D eigenvalue weighted by atomic mass is 32.1. The number of nitrogens with zero attached hydrogens (tertiary/aromatic N) is 1. The summed E-state index contributed by atoms with van der Waals surface area (Å²) in [5, 5.41) is 7.71. The summed E-state index contributed by atoms with van der Waals surface area (Å²) in [4.78, 5) is 17.6. The van der Waals surface area contributed by atoms with Gasteiger partial charge in [0.2, 0.25) is 5.91 Å². The molecule has 0 unspecified atom stereocenters. The normalized spacial score (nSPS) is 13.9. The highest BCUT2D eigenvalue weighted by Crippen LogP contribution is 2.30. The molecule has 3 N–H and O–H groups in total. The largest absolute Gasteiger partial charge is 0.375 e. The molecule has 0 spiro atoms. The summed E-state index contributed by atoms with van der Waals surface area (Å²) in [6, 6.07) is 0. The van der Waals surface area contributed by atoms with Crippen LogP contribution in [0.2, 0.25) is 0 Å².